The maximum atomic E-state index is 13.2. The number of aliphatic hydroxyl groups is 1. The maximum absolute atomic E-state index is 13.2. The molecular weight excluding hydrogens is 489 g/mol. The first kappa shape index (κ1) is 23.0. The van der Waals surface area contributed by atoms with Crippen molar-refractivity contribution in [3.63, 3.8) is 0 Å². The normalized spacial score (nSPS) is 17.5. The second-order valence-corrected chi connectivity index (χ2v) is 8.55. The van der Waals surface area contributed by atoms with Crippen LogP contribution in [0.5, 0.6) is 11.5 Å². The van der Waals surface area contributed by atoms with Crippen molar-refractivity contribution in [2.24, 2.45) is 0 Å². The Bertz CT molecular complexity index is 1300. The molecule has 2 N–H and O–H groups in total. The molecule has 168 valence electrons. The summed E-state index contributed by atoms with van der Waals surface area (Å²) >= 11 is 18.4. The zero-order chi connectivity index (χ0) is 23.9. The highest BCUT2D eigenvalue weighted by Gasteiger charge is 2.47. The summed E-state index contributed by atoms with van der Waals surface area (Å²) in [6.07, 6.45) is 0. The van der Waals surface area contributed by atoms with E-state index < -0.39 is 23.5 Å². The Balaban J connectivity index is 2.02. The summed E-state index contributed by atoms with van der Waals surface area (Å²) in [6.45, 7) is 0. The van der Waals surface area contributed by atoms with E-state index in [2.05, 4.69) is 0 Å². The number of Topliss-reactive ketones (excluding diaryl/α,β-unsaturated/α-hetero) is 1. The Morgan fingerprint density at radius 3 is 2.27 bits per heavy atom. The molecule has 1 heterocycles. The van der Waals surface area contributed by atoms with Gasteiger partial charge in [0.1, 0.15) is 17.3 Å². The third-order valence-electron chi connectivity index (χ3n) is 5.17. The van der Waals surface area contributed by atoms with E-state index in [0.29, 0.717) is 10.6 Å². The molecule has 4 rings (SSSR count). The van der Waals surface area contributed by atoms with Crippen LogP contribution in [0, 0.1) is 0 Å². The maximum Gasteiger partial charge on any atom is 0.300 e. The molecule has 0 saturated carbocycles. The van der Waals surface area contributed by atoms with Gasteiger partial charge in [0.15, 0.2) is 0 Å². The number of hydrogen-bond donors (Lipinski definition) is 2. The molecule has 1 aliphatic rings. The van der Waals surface area contributed by atoms with Gasteiger partial charge in [-0.2, -0.15) is 0 Å². The Kier molecular flexibility index (Phi) is 6.26. The van der Waals surface area contributed by atoms with Crippen LogP contribution in [0.2, 0.25) is 15.1 Å². The van der Waals surface area contributed by atoms with Gasteiger partial charge in [-0.1, -0.05) is 46.9 Å². The third-order valence-corrected chi connectivity index (χ3v) is 5.84. The highest BCUT2D eigenvalue weighted by atomic mass is 35.5. The summed E-state index contributed by atoms with van der Waals surface area (Å²) in [6, 6.07) is 13.9. The van der Waals surface area contributed by atoms with Crippen molar-refractivity contribution in [3.8, 4) is 11.5 Å². The van der Waals surface area contributed by atoms with Gasteiger partial charge in [0.2, 0.25) is 0 Å². The predicted octanol–water partition coefficient (Wildman–Crippen LogP) is 5.99. The second-order valence-electron chi connectivity index (χ2n) is 7.24. The summed E-state index contributed by atoms with van der Waals surface area (Å²) in [4.78, 5) is 27.6. The minimum absolute atomic E-state index is 0.0810. The van der Waals surface area contributed by atoms with Crippen LogP contribution in [0.1, 0.15) is 17.2 Å². The molecule has 1 atom stereocenters. The number of nitrogens with zero attached hydrogens (tertiary/aromatic N) is 1. The third kappa shape index (κ3) is 4.25. The van der Waals surface area contributed by atoms with Gasteiger partial charge in [0.05, 0.1) is 24.3 Å². The van der Waals surface area contributed by atoms with Crippen LogP contribution >= 0.6 is 34.8 Å². The Hall–Kier alpha value is -3.19. The molecule has 1 aliphatic heterocycles. The van der Waals surface area contributed by atoms with Crippen molar-refractivity contribution >= 4 is 57.9 Å². The van der Waals surface area contributed by atoms with E-state index in [1.165, 1.54) is 54.5 Å². The first-order valence-corrected chi connectivity index (χ1v) is 10.7. The van der Waals surface area contributed by atoms with Crippen LogP contribution in [-0.2, 0) is 9.59 Å². The number of carbonyl (C=O) groups excluding carboxylic acids is 2. The number of phenols is 1. The van der Waals surface area contributed by atoms with E-state index in [-0.39, 0.29) is 38.4 Å². The fourth-order valence-electron chi connectivity index (χ4n) is 3.80. The molecule has 33 heavy (non-hydrogen) atoms. The van der Waals surface area contributed by atoms with Crippen molar-refractivity contribution in [1.29, 1.82) is 0 Å². The van der Waals surface area contributed by atoms with E-state index in [0.717, 1.165) is 0 Å². The van der Waals surface area contributed by atoms with E-state index in [1.54, 1.807) is 18.2 Å². The van der Waals surface area contributed by atoms with Crippen LogP contribution in [0.3, 0.4) is 0 Å². The average molecular weight is 505 g/mol. The number of amides is 1. The highest BCUT2D eigenvalue weighted by Crippen LogP contribution is 2.45. The summed E-state index contributed by atoms with van der Waals surface area (Å²) in [5, 5.41) is 22.1. The van der Waals surface area contributed by atoms with Gasteiger partial charge in [-0.25, -0.2) is 0 Å². The zero-order valence-electron chi connectivity index (χ0n) is 17.1. The average Bonchev–Trinajstić information content (AvgIpc) is 3.03. The number of phenolic OH excluding ortho intramolecular Hbond substituents is 1. The van der Waals surface area contributed by atoms with Crippen molar-refractivity contribution in [3.05, 3.63) is 92.4 Å². The number of carbonyl (C=O) groups is 2. The monoisotopic (exact) mass is 503 g/mol. The summed E-state index contributed by atoms with van der Waals surface area (Å²) in [5.41, 5.74) is 0.562. The molecule has 0 radical (unpaired) electrons. The van der Waals surface area contributed by atoms with Crippen molar-refractivity contribution < 1.29 is 24.5 Å². The van der Waals surface area contributed by atoms with Gasteiger partial charge in [-0.15, -0.1) is 0 Å². The van der Waals surface area contributed by atoms with E-state index >= 15 is 0 Å². The number of benzene rings is 3. The number of hydrogen-bond acceptors (Lipinski definition) is 5. The molecule has 3 aromatic rings. The van der Waals surface area contributed by atoms with Gasteiger partial charge >= 0.3 is 0 Å². The minimum atomic E-state index is -1.09. The molecule has 1 unspecified atom stereocenters. The minimum Gasteiger partial charge on any atom is -0.508 e. The predicted molar refractivity (Wildman–Crippen MR) is 127 cm³/mol. The molecule has 0 spiro atoms. The summed E-state index contributed by atoms with van der Waals surface area (Å²) in [7, 11) is 1.40. The van der Waals surface area contributed by atoms with E-state index in [1.807, 2.05) is 0 Å². The van der Waals surface area contributed by atoms with E-state index in [4.69, 9.17) is 39.5 Å². The number of ketones is 1. The fourth-order valence-corrected chi connectivity index (χ4v) is 4.48. The number of halogens is 3. The van der Waals surface area contributed by atoms with Gasteiger partial charge in [0.25, 0.3) is 11.7 Å². The molecule has 1 saturated heterocycles. The lowest BCUT2D eigenvalue weighted by Gasteiger charge is -2.26. The van der Waals surface area contributed by atoms with Crippen molar-refractivity contribution in [2.45, 2.75) is 6.04 Å². The standard InChI is InChI=1S/C24H16Cl3NO5/c1-33-19-6-5-13(25)11-18(19)22(30)20-21(12-3-2-4-17(29)7-12)28(24(32)23(20)31)16-9-14(26)8-15(27)10-16/h2-11,21,29-30H,1H3/b22-20+. The first-order chi connectivity index (χ1) is 15.7. The zero-order valence-corrected chi connectivity index (χ0v) is 19.3. The summed E-state index contributed by atoms with van der Waals surface area (Å²) in [5.74, 6) is -2.13. The Labute approximate surface area is 204 Å². The number of aliphatic hydroxyl groups excluding tert-OH is 1. The molecule has 1 fully saturated rings. The molecular formula is C24H16Cl3NO5. The quantitative estimate of drug-likeness (QED) is 0.259. The highest BCUT2D eigenvalue weighted by molar-refractivity contribution is 6.52. The van der Waals surface area contributed by atoms with Crippen molar-refractivity contribution in [2.75, 3.05) is 12.0 Å². The topological polar surface area (TPSA) is 87.1 Å². The number of rotatable bonds is 4. The van der Waals surface area contributed by atoms with Crippen molar-refractivity contribution in [1.82, 2.24) is 0 Å². The van der Waals surface area contributed by atoms with Crippen LogP contribution < -0.4 is 9.64 Å². The van der Waals surface area contributed by atoms with Gasteiger partial charge in [0, 0.05) is 20.8 Å². The van der Waals surface area contributed by atoms with Crippen LogP contribution in [-0.4, -0.2) is 29.0 Å². The molecule has 0 aliphatic carbocycles. The second kappa shape index (κ2) is 8.98. The number of anilines is 1. The SMILES string of the molecule is COc1ccc(Cl)cc1/C(O)=C1\C(=O)C(=O)N(c2cc(Cl)cc(Cl)c2)C1c1cccc(O)c1. The lowest BCUT2D eigenvalue weighted by atomic mass is 9.94. The van der Waals surface area contributed by atoms with Gasteiger partial charge < -0.3 is 14.9 Å². The molecule has 0 aromatic heterocycles. The van der Waals surface area contributed by atoms with Gasteiger partial charge in [-0.3, -0.25) is 14.5 Å². The van der Waals surface area contributed by atoms with E-state index in [9.17, 15) is 19.8 Å². The lowest BCUT2D eigenvalue weighted by molar-refractivity contribution is -0.132. The summed E-state index contributed by atoms with van der Waals surface area (Å²) < 4.78 is 5.31. The molecule has 6 nitrogen and oxygen atoms in total. The van der Waals surface area contributed by atoms with Gasteiger partial charge in [-0.05, 0) is 54.1 Å². The molecule has 0 bridgehead atoms. The molecule has 1 amide bonds. The molecule has 9 heteroatoms. The number of aromatic hydroxyl groups is 1. The first-order valence-electron chi connectivity index (χ1n) is 9.61. The fraction of sp³-hybridized carbons (Fsp3) is 0.0833. The molecule has 3 aromatic carbocycles. The largest absolute Gasteiger partial charge is 0.508 e. The van der Waals surface area contributed by atoms with Crippen LogP contribution in [0.25, 0.3) is 5.76 Å². The Morgan fingerprint density at radius 1 is 0.939 bits per heavy atom. The van der Waals surface area contributed by atoms with Crippen LogP contribution in [0.15, 0.2) is 66.2 Å². The Morgan fingerprint density at radius 2 is 1.64 bits per heavy atom. The lowest BCUT2D eigenvalue weighted by Crippen LogP contribution is -2.29. The van der Waals surface area contributed by atoms with Crippen LogP contribution in [0.4, 0.5) is 5.69 Å². The number of ether oxygens (including phenoxy) is 1. The smallest absolute Gasteiger partial charge is 0.300 e. The number of methoxy groups -OCH3 is 1.